The fourth-order valence-electron chi connectivity index (χ4n) is 1.52. The highest BCUT2D eigenvalue weighted by Gasteiger charge is 2.15. The molecular weight excluding hydrogens is 208 g/mol. The average Bonchev–Trinajstić information content (AvgIpc) is 2.30. The van der Waals surface area contributed by atoms with Gasteiger partial charge in [0.05, 0.1) is 13.2 Å². The van der Waals surface area contributed by atoms with Gasteiger partial charge < -0.3 is 20.7 Å². The molecule has 1 aromatic heterocycles. The highest BCUT2D eigenvalue weighted by Crippen LogP contribution is 2.13. The van der Waals surface area contributed by atoms with Gasteiger partial charge in [0.15, 0.2) is 0 Å². The van der Waals surface area contributed by atoms with Crippen LogP contribution in [-0.2, 0) is 4.74 Å². The molecule has 0 saturated carbocycles. The first-order valence-corrected chi connectivity index (χ1v) is 5.37. The van der Waals surface area contributed by atoms with Crippen molar-refractivity contribution in [3.05, 3.63) is 0 Å². The molecule has 0 aliphatic carbocycles. The third kappa shape index (κ3) is 2.48. The number of hydrogen-bond acceptors (Lipinski definition) is 7. The molecular formula is C9H16N6O. The van der Waals surface area contributed by atoms with Crippen molar-refractivity contribution < 1.29 is 4.74 Å². The Bertz CT molecular complexity index is 352. The number of nitrogens with two attached hydrogens (primary N) is 1. The van der Waals surface area contributed by atoms with Gasteiger partial charge in [-0.2, -0.15) is 15.0 Å². The first-order chi connectivity index (χ1) is 7.79. The molecule has 1 aliphatic rings. The second-order valence-electron chi connectivity index (χ2n) is 3.45. The van der Waals surface area contributed by atoms with Crippen LogP contribution in [-0.4, -0.2) is 47.8 Å². The topological polar surface area (TPSA) is 89.2 Å². The van der Waals surface area contributed by atoms with Crippen LogP contribution in [0.25, 0.3) is 0 Å². The lowest BCUT2D eigenvalue weighted by Gasteiger charge is -2.26. The maximum atomic E-state index is 5.64. The van der Waals surface area contributed by atoms with E-state index in [9.17, 15) is 0 Å². The Labute approximate surface area is 94.0 Å². The lowest BCUT2D eigenvalue weighted by molar-refractivity contribution is 0.122. The van der Waals surface area contributed by atoms with Crippen LogP contribution in [0.4, 0.5) is 17.8 Å². The molecule has 0 atom stereocenters. The zero-order valence-corrected chi connectivity index (χ0v) is 9.31. The Morgan fingerprint density at radius 2 is 2.06 bits per heavy atom. The van der Waals surface area contributed by atoms with Crippen LogP contribution >= 0.6 is 0 Å². The fraction of sp³-hybridized carbons (Fsp3) is 0.667. The maximum Gasteiger partial charge on any atom is 0.232 e. The standard InChI is InChI=1S/C9H16N6O/c1-2-11-8-12-7(10)13-9(14-8)15-3-5-16-6-4-15/h2-6H2,1H3,(H3,10,11,12,13,14). The molecule has 1 aliphatic heterocycles. The first kappa shape index (κ1) is 10.9. The van der Waals surface area contributed by atoms with Crippen molar-refractivity contribution in [2.45, 2.75) is 6.92 Å². The van der Waals surface area contributed by atoms with E-state index in [0.717, 1.165) is 19.6 Å². The predicted molar refractivity (Wildman–Crippen MR) is 61.4 cm³/mol. The molecule has 0 aromatic carbocycles. The van der Waals surface area contributed by atoms with Gasteiger partial charge in [-0.3, -0.25) is 0 Å². The van der Waals surface area contributed by atoms with Crippen LogP contribution in [0.15, 0.2) is 0 Å². The van der Waals surface area contributed by atoms with Crippen molar-refractivity contribution in [1.82, 2.24) is 15.0 Å². The number of anilines is 3. The minimum atomic E-state index is 0.243. The Hall–Kier alpha value is -1.63. The van der Waals surface area contributed by atoms with E-state index < -0.39 is 0 Å². The highest BCUT2D eigenvalue weighted by molar-refractivity contribution is 5.41. The maximum absolute atomic E-state index is 5.64. The smallest absolute Gasteiger partial charge is 0.232 e. The second kappa shape index (κ2) is 4.93. The van der Waals surface area contributed by atoms with Crippen molar-refractivity contribution >= 4 is 17.8 Å². The number of morpholine rings is 1. The van der Waals surface area contributed by atoms with Crippen LogP contribution < -0.4 is 16.0 Å². The van der Waals surface area contributed by atoms with E-state index in [1.165, 1.54) is 0 Å². The molecule has 0 spiro atoms. The molecule has 7 nitrogen and oxygen atoms in total. The SMILES string of the molecule is CCNc1nc(N)nc(N2CCOCC2)n1. The number of ether oxygens (including phenoxy) is 1. The normalized spacial score (nSPS) is 16.2. The van der Waals surface area contributed by atoms with E-state index in [4.69, 9.17) is 10.5 Å². The van der Waals surface area contributed by atoms with Gasteiger partial charge in [0.1, 0.15) is 0 Å². The molecule has 7 heteroatoms. The number of hydrogen-bond donors (Lipinski definition) is 2. The van der Waals surface area contributed by atoms with E-state index in [1.807, 2.05) is 11.8 Å². The minimum absolute atomic E-state index is 0.243. The molecule has 0 bridgehead atoms. The lowest BCUT2D eigenvalue weighted by Crippen LogP contribution is -2.37. The van der Waals surface area contributed by atoms with E-state index in [2.05, 4.69) is 20.3 Å². The van der Waals surface area contributed by atoms with E-state index >= 15 is 0 Å². The van der Waals surface area contributed by atoms with E-state index in [-0.39, 0.29) is 5.95 Å². The number of nitrogen functional groups attached to an aromatic ring is 1. The molecule has 0 amide bonds. The quantitative estimate of drug-likeness (QED) is 0.730. The Balaban J connectivity index is 2.18. The molecule has 1 aromatic rings. The van der Waals surface area contributed by atoms with Crippen molar-refractivity contribution in [2.24, 2.45) is 0 Å². The molecule has 2 heterocycles. The molecule has 3 N–H and O–H groups in total. The summed E-state index contributed by atoms with van der Waals surface area (Å²) < 4.78 is 5.27. The van der Waals surface area contributed by atoms with Crippen LogP contribution in [0.1, 0.15) is 6.92 Å². The summed E-state index contributed by atoms with van der Waals surface area (Å²) in [6, 6.07) is 0. The van der Waals surface area contributed by atoms with Gasteiger partial charge >= 0.3 is 0 Å². The third-order valence-corrected chi connectivity index (χ3v) is 2.27. The summed E-state index contributed by atoms with van der Waals surface area (Å²) in [6.07, 6.45) is 0. The summed E-state index contributed by atoms with van der Waals surface area (Å²) in [5, 5.41) is 3.03. The van der Waals surface area contributed by atoms with Gasteiger partial charge in [-0.15, -0.1) is 0 Å². The molecule has 16 heavy (non-hydrogen) atoms. The summed E-state index contributed by atoms with van der Waals surface area (Å²) in [7, 11) is 0. The van der Waals surface area contributed by atoms with Crippen LogP contribution in [0, 0.1) is 0 Å². The predicted octanol–water partition coefficient (Wildman–Crippen LogP) is -0.278. The second-order valence-corrected chi connectivity index (χ2v) is 3.45. The van der Waals surface area contributed by atoms with Gasteiger partial charge in [-0.1, -0.05) is 0 Å². The van der Waals surface area contributed by atoms with Crippen molar-refractivity contribution in [3.8, 4) is 0 Å². The van der Waals surface area contributed by atoms with Crippen LogP contribution in [0.3, 0.4) is 0 Å². The minimum Gasteiger partial charge on any atom is -0.378 e. The zero-order valence-electron chi connectivity index (χ0n) is 9.31. The zero-order chi connectivity index (χ0) is 11.4. The Morgan fingerprint density at radius 3 is 2.75 bits per heavy atom. The monoisotopic (exact) mass is 224 g/mol. The molecule has 1 fully saturated rings. The molecule has 1 saturated heterocycles. The van der Waals surface area contributed by atoms with Crippen molar-refractivity contribution in [3.63, 3.8) is 0 Å². The molecule has 0 radical (unpaired) electrons. The summed E-state index contributed by atoms with van der Waals surface area (Å²) in [5.74, 6) is 1.38. The van der Waals surface area contributed by atoms with Crippen LogP contribution in [0.5, 0.6) is 0 Å². The first-order valence-electron chi connectivity index (χ1n) is 5.37. The van der Waals surface area contributed by atoms with Gasteiger partial charge in [0.2, 0.25) is 17.8 Å². The molecule has 88 valence electrons. The lowest BCUT2D eigenvalue weighted by atomic mass is 10.4. The number of aromatic nitrogens is 3. The molecule has 2 rings (SSSR count). The van der Waals surface area contributed by atoms with Gasteiger partial charge in [-0.05, 0) is 6.92 Å². The average molecular weight is 224 g/mol. The van der Waals surface area contributed by atoms with Crippen molar-refractivity contribution in [2.75, 3.05) is 48.8 Å². The van der Waals surface area contributed by atoms with E-state index in [0.29, 0.717) is 25.1 Å². The Kier molecular flexibility index (Phi) is 3.35. The van der Waals surface area contributed by atoms with Gasteiger partial charge in [0, 0.05) is 19.6 Å². The van der Waals surface area contributed by atoms with Crippen molar-refractivity contribution in [1.29, 1.82) is 0 Å². The van der Waals surface area contributed by atoms with Gasteiger partial charge in [0.25, 0.3) is 0 Å². The summed E-state index contributed by atoms with van der Waals surface area (Å²) in [4.78, 5) is 14.5. The number of rotatable bonds is 3. The number of nitrogens with one attached hydrogen (secondary N) is 1. The summed E-state index contributed by atoms with van der Waals surface area (Å²) in [5.41, 5.74) is 5.64. The largest absolute Gasteiger partial charge is 0.378 e. The third-order valence-electron chi connectivity index (χ3n) is 2.27. The van der Waals surface area contributed by atoms with Gasteiger partial charge in [-0.25, -0.2) is 0 Å². The van der Waals surface area contributed by atoms with Crippen LogP contribution in [0.2, 0.25) is 0 Å². The molecule has 0 unspecified atom stereocenters. The summed E-state index contributed by atoms with van der Waals surface area (Å²) >= 11 is 0. The number of nitrogens with zero attached hydrogens (tertiary/aromatic N) is 4. The van der Waals surface area contributed by atoms with E-state index in [1.54, 1.807) is 0 Å². The summed E-state index contributed by atoms with van der Waals surface area (Å²) in [6.45, 7) is 5.70. The fourth-order valence-corrected chi connectivity index (χ4v) is 1.52. The Morgan fingerprint density at radius 1 is 1.31 bits per heavy atom. The highest BCUT2D eigenvalue weighted by atomic mass is 16.5.